The van der Waals surface area contributed by atoms with Crippen LogP contribution in [0.15, 0.2) is 24.3 Å². The lowest BCUT2D eigenvalue weighted by atomic mass is 9.87. The molecule has 0 aromatic heterocycles. The normalized spacial score (nSPS) is 19.9. The topological polar surface area (TPSA) is 20.3 Å². The minimum Gasteiger partial charge on any atom is -0.338 e. The van der Waals surface area contributed by atoms with Crippen molar-refractivity contribution in [1.29, 1.82) is 0 Å². The molecule has 2 nitrogen and oxygen atoms in total. The van der Waals surface area contributed by atoms with Crippen LogP contribution in [-0.4, -0.2) is 22.7 Å². The summed E-state index contributed by atoms with van der Waals surface area (Å²) in [5.41, 5.74) is 2.72. The van der Waals surface area contributed by atoms with Crippen molar-refractivity contribution in [2.45, 2.75) is 44.0 Å². The number of carbonyl (C=O) groups excluding carboxylic acids is 1. The molecule has 3 heteroatoms. The van der Waals surface area contributed by atoms with Gasteiger partial charge < -0.3 is 4.90 Å². The first kappa shape index (κ1) is 14.6. The van der Waals surface area contributed by atoms with Gasteiger partial charge in [0.2, 0.25) is 5.91 Å². The molecule has 1 aliphatic rings. The van der Waals surface area contributed by atoms with Gasteiger partial charge in [0.05, 0.1) is 10.9 Å². The molecule has 1 aliphatic carbocycles. The van der Waals surface area contributed by atoms with Crippen molar-refractivity contribution in [3.05, 3.63) is 35.4 Å². The minimum absolute atomic E-state index is 0.0911. The molecular weight excluding hydrogens is 302 g/mol. The first-order valence-electron chi connectivity index (χ1n) is 7.01. The smallest absolute Gasteiger partial charge is 0.236 e. The van der Waals surface area contributed by atoms with E-state index in [1.807, 2.05) is 11.9 Å². The summed E-state index contributed by atoms with van der Waals surface area (Å²) in [7, 11) is 1.94. The maximum absolute atomic E-state index is 12.5. The first-order chi connectivity index (χ1) is 9.02. The molecule has 19 heavy (non-hydrogen) atoms. The molecular formula is C16H22BrNO. The standard InChI is InChI=1S/C16H22BrNO/c1-11(2)15(17)16(19)18(3)14-10-6-8-12-7-4-5-9-13(12)14/h4-5,7,9,11,14-15H,6,8,10H2,1-3H3. The second-order valence-electron chi connectivity index (χ2n) is 5.70. The fourth-order valence-corrected chi connectivity index (χ4v) is 3.09. The Morgan fingerprint density at radius 3 is 2.74 bits per heavy atom. The predicted molar refractivity (Wildman–Crippen MR) is 82.4 cm³/mol. The van der Waals surface area contributed by atoms with Crippen LogP contribution >= 0.6 is 15.9 Å². The number of halogens is 1. The van der Waals surface area contributed by atoms with Crippen LogP contribution in [0.3, 0.4) is 0 Å². The molecule has 1 aromatic rings. The van der Waals surface area contributed by atoms with Gasteiger partial charge in [0.1, 0.15) is 0 Å². The van der Waals surface area contributed by atoms with E-state index >= 15 is 0 Å². The molecule has 0 heterocycles. The number of nitrogens with zero attached hydrogens (tertiary/aromatic N) is 1. The van der Waals surface area contributed by atoms with Crippen molar-refractivity contribution in [2.24, 2.45) is 5.92 Å². The van der Waals surface area contributed by atoms with E-state index in [9.17, 15) is 4.79 Å². The van der Waals surface area contributed by atoms with E-state index in [-0.39, 0.29) is 16.8 Å². The summed E-state index contributed by atoms with van der Waals surface area (Å²) in [6, 6.07) is 8.75. The Morgan fingerprint density at radius 2 is 2.05 bits per heavy atom. The maximum atomic E-state index is 12.5. The van der Waals surface area contributed by atoms with Gasteiger partial charge in [-0.05, 0) is 36.3 Å². The Balaban J connectivity index is 2.21. The summed E-state index contributed by atoms with van der Waals surface area (Å²) in [6.07, 6.45) is 3.36. The second kappa shape index (κ2) is 6.08. The molecule has 0 bridgehead atoms. The number of alkyl halides is 1. The molecule has 0 fully saturated rings. The number of hydrogen-bond donors (Lipinski definition) is 0. The van der Waals surface area contributed by atoms with Crippen molar-refractivity contribution in [2.75, 3.05) is 7.05 Å². The van der Waals surface area contributed by atoms with Crippen LogP contribution in [0.2, 0.25) is 0 Å². The second-order valence-corrected chi connectivity index (χ2v) is 6.69. The quantitative estimate of drug-likeness (QED) is 0.771. The molecule has 0 saturated heterocycles. The number of aryl methyl sites for hydroxylation is 1. The Kier molecular flexibility index (Phi) is 4.67. The van der Waals surface area contributed by atoms with Crippen LogP contribution in [0, 0.1) is 5.92 Å². The Morgan fingerprint density at radius 1 is 1.37 bits per heavy atom. The third-order valence-corrected chi connectivity index (χ3v) is 5.42. The number of amides is 1. The highest BCUT2D eigenvalue weighted by Crippen LogP contribution is 2.34. The molecule has 0 saturated carbocycles. The van der Waals surface area contributed by atoms with Crippen LogP contribution in [0.1, 0.15) is 43.9 Å². The van der Waals surface area contributed by atoms with Gasteiger partial charge in [-0.25, -0.2) is 0 Å². The largest absolute Gasteiger partial charge is 0.338 e. The predicted octanol–water partition coefficient (Wildman–Crippen LogP) is 3.94. The summed E-state index contributed by atoms with van der Waals surface area (Å²) >= 11 is 3.52. The van der Waals surface area contributed by atoms with Crippen molar-refractivity contribution in [1.82, 2.24) is 4.90 Å². The number of fused-ring (bicyclic) bond motifs is 1. The summed E-state index contributed by atoms with van der Waals surface area (Å²) in [5.74, 6) is 0.505. The molecule has 1 amide bonds. The molecule has 2 atom stereocenters. The van der Waals surface area contributed by atoms with Crippen LogP contribution < -0.4 is 0 Å². The Labute approximate surface area is 124 Å². The van der Waals surface area contributed by atoms with Crippen LogP contribution in [0.4, 0.5) is 0 Å². The lowest BCUT2D eigenvalue weighted by Gasteiger charge is -2.35. The number of hydrogen-bond acceptors (Lipinski definition) is 1. The van der Waals surface area contributed by atoms with Gasteiger partial charge in [-0.2, -0.15) is 0 Å². The SMILES string of the molecule is CC(C)C(Br)C(=O)N(C)C1CCCc2ccccc21. The zero-order valence-corrected chi connectivity index (χ0v) is 13.5. The molecule has 0 aliphatic heterocycles. The monoisotopic (exact) mass is 323 g/mol. The van der Waals surface area contributed by atoms with Gasteiger partial charge in [-0.3, -0.25) is 4.79 Å². The summed E-state index contributed by atoms with van der Waals surface area (Å²) in [6.45, 7) is 4.14. The van der Waals surface area contributed by atoms with E-state index in [1.54, 1.807) is 0 Å². The van der Waals surface area contributed by atoms with Crippen molar-refractivity contribution in [3.63, 3.8) is 0 Å². The van der Waals surface area contributed by atoms with E-state index in [0.29, 0.717) is 5.92 Å². The molecule has 2 rings (SSSR count). The van der Waals surface area contributed by atoms with E-state index in [2.05, 4.69) is 54.0 Å². The van der Waals surface area contributed by atoms with E-state index in [4.69, 9.17) is 0 Å². The highest BCUT2D eigenvalue weighted by Gasteiger charge is 2.30. The number of carbonyl (C=O) groups is 1. The number of rotatable bonds is 3. The van der Waals surface area contributed by atoms with Crippen LogP contribution in [0.25, 0.3) is 0 Å². The van der Waals surface area contributed by atoms with E-state index in [1.165, 1.54) is 11.1 Å². The zero-order chi connectivity index (χ0) is 14.0. The fourth-order valence-electron chi connectivity index (χ4n) is 2.76. The van der Waals surface area contributed by atoms with Gasteiger partial charge in [0.15, 0.2) is 0 Å². The Hall–Kier alpha value is -0.830. The summed E-state index contributed by atoms with van der Waals surface area (Å²) < 4.78 is 0. The lowest BCUT2D eigenvalue weighted by Crippen LogP contribution is -2.39. The van der Waals surface area contributed by atoms with Gasteiger partial charge in [-0.15, -0.1) is 0 Å². The molecule has 0 N–H and O–H groups in total. The molecule has 1 aromatic carbocycles. The fraction of sp³-hybridized carbons (Fsp3) is 0.562. The molecule has 2 unspecified atom stereocenters. The minimum atomic E-state index is -0.0911. The average Bonchev–Trinajstić information content (AvgIpc) is 2.44. The van der Waals surface area contributed by atoms with Crippen molar-refractivity contribution in [3.8, 4) is 0 Å². The summed E-state index contributed by atoms with van der Waals surface area (Å²) in [4.78, 5) is 14.3. The van der Waals surface area contributed by atoms with Crippen LogP contribution in [-0.2, 0) is 11.2 Å². The van der Waals surface area contributed by atoms with Gasteiger partial charge in [-0.1, -0.05) is 54.0 Å². The summed E-state index contributed by atoms with van der Waals surface area (Å²) in [5, 5.41) is 0. The molecule has 104 valence electrons. The molecule has 0 radical (unpaired) electrons. The Bertz CT molecular complexity index is 458. The van der Waals surface area contributed by atoms with E-state index in [0.717, 1.165) is 19.3 Å². The third kappa shape index (κ3) is 3.02. The zero-order valence-electron chi connectivity index (χ0n) is 11.9. The highest BCUT2D eigenvalue weighted by molar-refractivity contribution is 9.10. The number of benzene rings is 1. The van der Waals surface area contributed by atoms with Gasteiger partial charge in [0.25, 0.3) is 0 Å². The van der Waals surface area contributed by atoms with Crippen molar-refractivity contribution < 1.29 is 4.79 Å². The van der Waals surface area contributed by atoms with Crippen molar-refractivity contribution >= 4 is 21.8 Å². The maximum Gasteiger partial charge on any atom is 0.236 e. The lowest BCUT2D eigenvalue weighted by molar-refractivity contribution is -0.132. The first-order valence-corrected chi connectivity index (χ1v) is 7.92. The van der Waals surface area contributed by atoms with E-state index < -0.39 is 0 Å². The highest BCUT2D eigenvalue weighted by atomic mass is 79.9. The third-order valence-electron chi connectivity index (χ3n) is 3.97. The molecule has 0 spiro atoms. The van der Waals surface area contributed by atoms with Crippen LogP contribution in [0.5, 0.6) is 0 Å². The van der Waals surface area contributed by atoms with Gasteiger partial charge >= 0.3 is 0 Å². The van der Waals surface area contributed by atoms with Gasteiger partial charge in [0, 0.05) is 7.05 Å². The average molecular weight is 324 g/mol.